The highest BCUT2D eigenvalue weighted by Gasteiger charge is 2.43. The van der Waals surface area contributed by atoms with Crippen LogP contribution in [0.5, 0.6) is 17.2 Å². The second-order valence-corrected chi connectivity index (χ2v) is 11.1. The van der Waals surface area contributed by atoms with Crippen LogP contribution in [-0.4, -0.2) is 27.4 Å². The van der Waals surface area contributed by atoms with Crippen LogP contribution in [0, 0.1) is 0 Å². The summed E-state index contributed by atoms with van der Waals surface area (Å²) in [6.45, 7) is 1.22. The fourth-order valence-corrected chi connectivity index (χ4v) is 5.60. The van der Waals surface area contributed by atoms with Crippen molar-refractivity contribution in [3.05, 3.63) is 120 Å². The van der Waals surface area contributed by atoms with Gasteiger partial charge in [0.15, 0.2) is 11.5 Å². The summed E-state index contributed by atoms with van der Waals surface area (Å²) in [7, 11) is 0. The second-order valence-electron chi connectivity index (χ2n) is 11.1. The third-order valence-corrected chi connectivity index (χ3v) is 7.69. The zero-order valence-electron chi connectivity index (χ0n) is 25.2. The first-order valence-electron chi connectivity index (χ1n) is 15.1. The fraction of sp³-hybridized carbons (Fsp3) is 0.250. The third-order valence-electron chi connectivity index (χ3n) is 7.69. The van der Waals surface area contributed by atoms with Crippen LogP contribution in [0.15, 0.2) is 103 Å². The summed E-state index contributed by atoms with van der Waals surface area (Å²) in [4.78, 5) is 7.37. The quantitative estimate of drug-likeness (QED) is 0.121. The number of aromatic nitrogens is 2. The summed E-state index contributed by atoms with van der Waals surface area (Å²) in [6.07, 6.45) is -1.78. The standard InChI is InChI=1S/C36H33F4N3O3/c1-2-3-20-43-30(33(27-10-6-4-7-11-27)41-34(43)28-12-8-5-9-13-28)24-42(22-25-14-17-29(18-15-25)44-35(37)38)23-26-16-19-31-32(21-26)46-36(39,40)45-31/h4-19,21,35H,2-3,20,22-24H2,1H3. The van der Waals surface area contributed by atoms with E-state index in [4.69, 9.17) is 9.72 Å². The number of rotatable bonds is 13. The molecule has 0 spiro atoms. The van der Waals surface area contributed by atoms with E-state index in [1.807, 2.05) is 60.7 Å². The second kappa shape index (κ2) is 13.7. The molecule has 1 aromatic heterocycles. The Morgan fingerprint density at radius 2 is 1.41 bits per heavy atom. The zero-order chi connectivity index (χ0) is 32.1. The van der Waals surface area contributed by atoms with Crippen LogP contribution in [0.3, 0.4) is 0 Å². The molecule has 0 radical (unpaired) electrons. The summed E-state index contributed by atoms with van der Waals surface area (Å²) < 4.78 is 69.3. The Hall–Kier alpha value is -4.83. The topological polar surface area (TPSA) is 48.8 Å². The maximum absolute atomic E-state index is 13.8. The molecule has 0 saturated heterocycles. The van der Waals surface area contributed by atoms with Gasteiger partial charge in [-0.2, -0.15) is 8.78 Å². The number of unbranched alkanes of at least 4 members (excludes halogenated alkanes) is 1. The summed E-state index contributed by atoms with van der Waals surface area (Å²) in [6, 6.07) is 31.3. The van der Waals surface area contributed by atoms with Crippen LogP contribution in [-0.2, 0) is 26.2 Å². The molecule has 0 saturated carbocycles. The first-order chi connectivity index (χ1) is 22.3. The SMILES string of the molecule is CCCCn1c(-c2ccccc2)nc(-c2ccccc2)c1CN(Cc1ccc(OC(F)F)cc1)Cc1ccc2c(c1)OC(F)(F)O2. The van der Waals surface area contributed by atoms with Gasteiger partial charge in [0.1, 0.15) is 11.6 Å². The van der Waals surface area contributed by atoms with Crippen LogP contribution in [0.2, 0.25) is 0 Å². The highest BCUT2D eigenvalue weighted by molar-refractivity contribution is 5.68. The number of hydrogen-bond donors (Lipinski definition) is 0. The van der Waals surface area contributed by atoms with Crippen LogP contribution < -0.4 is 14.2 Å². The average Bonchev–Trinajstić information content (AvgIpc) is 3.56. The van der Waals surface area contributed by atoms with Gasteiger partial charge in [-0.15, -0.1) is 8.78 Å². The minimum Gasteiger partial charge on any atom is -0.435 e. The molecule has 0 unspecified atom stereocenters. The van der Waals surface area contributed by atoms with Gasteiger partial charge in [0.25, 0.3) is 0 Å². The highest BCUT2D eigenvalue weighted by atomic mass is 19.3. The highest BCUT2D eigenvalue weighted by Crippen LogP contribution is 2.41. The molecule has 0 N–H and O–H groups in total. The minimum absolute atomic E-state index is 0.0218. The van der Waals surface area contributed by atoms with E-state index < -0.39 is 12.9 Å². The van der Waals surface area contributed by atoms with E-state index in [2.05, 4.69) is 25.9 Å². The average molecular weight is 632 g/mol. The molecule has 10 heteroatoms. The molecule has 5 aromatic rings. The van der Waals surface area contributed by atoms with Gasteiger partial charge in [0, 0.05) is 37.3 Å². The Balaban J connectivity index is 1.41. The summed E-state index contributed by atoms with van der Waals surface area (Å²) in [5.41, 5.74) is 5.43. The Morgan fingerprint density at radius 1 is 0.783 bits per heavy atom. The van der Waals surface area contributed by atoms with Gasteiger partial charge in [-0.05, 0) is 41.8 Å². The van der Waals surface area contributed by atoms with Crippen molar-refractivity contribution in [1.82, 2.24) is 14.5 Å². The number of hydrogen-bond acceptors (Lipinski definition) is 5. The van der Waals surface area contributed by atoms with Crippen molar-refractivity contribution in [3.8, 4) is 39.9 Å². The molecule has 0 atom stereocenters. The van der Waals surface area contributed by atoms with Crippen molar-refractivity contribution in [1.29, 1.82) is 0 Å². The number of ether oxygens (including phenoxy) is 3. The lowest BCUT2D eigenvalue weighted by Gasteiger charge is -2.25. The Labute approximate surface area is 264 Å². The van der Waals surface area contributed by atoms with Crippen LogP contribution >= 0.6 is 0 Å². The fourth-order valence-electron chi connectivity index (χ4n) is 5.60. The first-order valence-corrected chi connectivity index (χ1v) is 15.1. The molecule has 1 aliphatic heterocycles. The molecular formula is C36H33F4N3O3. The maximum Gasteiger partial charge on any atom is 0.586 e. The number of halogens is 4. The first kappa shape index (κ1) is 31.2. The van der Waals surface area contributed by atoms with Crippen molar-refractivity contribution in [2.24, 2.45) is 0 Å². The largest absolute Gasteiger partial charge is 0.586 e. The third kappa shape index (κ3) is 7.34. The molecule has 46 heavy (non-hydrogen) atoms. The molecule has 6 rings (SSSR count). The van der Waals surface area contributed by atoms with Gasteiger partial charge in [-0.25, -0.2) is 4.98 Å². The lowest BCUT2D eigenvalue weighted by molar-refractivity contribution is -0.286. The molecule has 0 aliphatic carbocycles. The molecule has 6 nitrogen and oxygen atoms in total. The predicted molar refractivity (Wildman–Crippen MR) is 167 cm³/mol. The maximum atomic E-state index is 13.8. The van der Waals surface area contributed by atoms with Gasteiger partial charge in [0.2, 0.25) is 0 Å². The van der Waals surface area contributed by atoms with Crippen LogP contribution in [0.25, 0.3) is 22.6 Å². The van der Waals surface area contributed by atoms with E-state index in [9.17, 15) is 17.6 Å². The number of fused-ring (bicyclic) bond motifs is 1. The van der Waals surface area contributed by atoms with E-state index in [-0.39, 0.29) is 17.2 Å². The lowest BCUT2D eigenvalue weighted by Crippen LogP contribution is -2.26. The van der Waals surface area contributed by atoms with Gasteiger partial charge in [-0.3, -0.25) is 4.90 Å². The van der Waals surface area contributed by atoms with E-state index in [1.54, 1.807) is 24.3 Å². The number of imidazole rings is 1. The zero-order valence-corrected chi connectivity index (χ0v) is 25.2. The van der Waals surface area contributed by atoms with Crippen molar-refractivity contribution < 1.29 is 31.8 Å². The Kier molecular flexibility index (Phi) is 9.25. The van der Waals surface area contributed by atoms with Crippen molar-refractivity contribution in [2.45, 2.75) is 58.9 Å². The number of nitrogens with zero attached hydrogens (tertiary/aromatic N) is 3. The summed E-state index contributed by atoms with van der Waals surface area (Å²) >= 11 is 0. The monoisotopic (exact) mass is 631 g/mol. The van der Waals surface area contributed by atoms with Crippen molar-refractivity contribution in [3.63, 3.8) is 0 Å². The molecule has 0 bridgehead atoms. The van der Waals surface area contributed by atoms with Gasteiger partial charge < -0.3 is 18.8 Å². The molecule has 1 aliphatic rings. The molecule has 0 fully saturated rings. The molecule has 2 heterocycles. The van der Waals surface area contributed by atoms with Crippen LogP contribution in [0.4, 0.5) is 17.6 Å². The van der Waals surface area contributed by atoms with Crippen molar-refractivity contribution in [2.75, 3.05) is 0 Å². The normalized spacial score (nSPS) is 13.5. The molecule has 238 valence electrons. The van der Waals surface area contributed by atoms with Gasteiger partial charge in [-0.1, -0.05) is 92.2 Å². The number of benzene rings is 4. The van der Waals surface area contributed by atoms with Crippen molar-refractivity contribution >= 4 is 0 Å². The van der Waals surface area contributed by atoms with Gasteiger partial charge >= 0.3 is 12.9 Å². The minimum atomic E-state index is -3.72. The Morgan fingerprint density at radius 3 is 2.09 bits per heavy atom. The number of alkyl halides is 4. The van der Waals surface area contributed by atoms with Gasteiger partial charge in [0.05, 0.1) is 11.4 Å². The van der Waals surface area contributed by atoms with E-state index in [0.717, 1.165) is 58.9 Å². The summed E-state index contributed by atoms with van der Waals surface area (Å²) in [5.74, 6) is 0.881. The molecule has 0 amide bonds. The van der Waals surface area contributed by atoms with E-state index >= 15 is 0 Å². The molecule has 4 aromatic carbocycles. The predicted octanol–water partition coefficient (Wildman–Crippen LogP) is 9.14. The smallest absolute Gasteiger partial charge is 0.435 e. The molecular weight excluding hydrogens is 598 g/mol. The van der Waals surface area contributed by atoms with E-state index in [1.165, 1.54) is 18.2 Å². The Bertz CT molecular complexity index is 1750. The lowest BCUT2D eigenvalue weighted by atomic mass is 10.1. The van der Waals surface area contributed by atoms with E-state index in [0.29, 0.717) is 19.6 Å². The summed E-state index contributed by atoms with van der Waals surface area (Å²) in [5, 5.41) is 0. The van der Waals surface area contributed by atoms with Crippen LogP contribution in [0.1, 0.15) is 36.6 Å².